The van der Waals surface area contributed by atoms with E-state index in [4.69, 9.17) is 0 Å². The Kier molecular flexibility index (Phi) is 0.841. The summed E-state index contributed by atoms with van der Waals surface area (Å²) in [4.78, 5) is 2.16. The van der Waals surface area contributed by atoms with Gasteiger partial charge >= 0.3 is 0 Å². The first-order valence-electron chi connectivity index (χ1n) is 2.61. The summed E-state index contributed by atoms with van der Waals surface area (Å²) in [7, 11) is 4.16. The third-order valence-corrected chi connectivity index (χ3v) is 1.29. The first-order valence-corrected chi connectivity index (χ1v) is 2.61. The minimum Gasteiger partial charge on any atom is -0.381 e. The van der Waals surface area contributed by atoms with Crippen LogP contribution in [0.4, 0.5) is 0 Å². The summed E-state index contributed by atoms with van der Waals surface area (Å²) in [6, 6.07) is 0. The maximum Gasteiger partial charge on any atom is 0.0161 e. The second-order valence-corrected chi connectivity index (χ2v) is 2.27. The highest BCUT2D eigenvalue weighted by Gasteiger charge is 2.19. The van der Waals surface area contributed by atoms with Gasteiger partial charge in [0.05, 0.1) is 0 Å². The molecule has 0 bridgehead atoms. The molecule has 0 radical (unpaired) electrons. The number of rotatable bonds is 1. The topological polar surface area (TPSA) is 3.24 Å². The Bertz CT molecular complexity index is 103. The molecule has 1 aliphatic carbocycles. The zero-order chi connectivity index (χ0) is 5.44. The fourth-order valence-corrected chi connectivity index (χ4v) is 0.764. The minimum atomic E-state index is 0.759. The smallest absolute Gasteiger partial charge is 0.0161 e. The Morgan fingerprint density at radius 2 is 2.00 bits per heavy atom. The normalized spacial score (nSPS) is 26.7. The highest BCUT2D eigenvalue weighted by Crippen LogP contribution is 2.28. The largest absolute Gasteiger partial charge is 0.381 e. The van der Waals surface area contributed by atoms with E-state index < -0.39 is 0 Å². The van der Waals surface area contributed by atoms with E-state index in [2.05, 4.69) is 32.0 Å². The monoisotopic (exact) mass is 97.1 g/mol. The van der Waals surface area contributed by atoms with Crippen LogP contribution in [-0.4, -0.2) is 19.0 Å². The maximum absolute atomic E-state index is 2.25. The highest BCUT2D eigenvalue weighted by atomic mass is 15.1. The van der Waals surface area contributed by atoms with Crippen molar-refractivity contribution < 1.29 is 0 Å². The van der Waals surface area contributed by atoms with Crippen molar-refractivity contribution in [2.45, 2.75) is 6.92 Å². The van der Waals surface area contributed by atoms with Gasteiger partial charge in [-0.1, -0.05) is 13.0 Å². The van der Waals surface area contributed by atoms with Crippen LogP contribution in [0.15, 0.2) is 11.8 Å². The molecule has 0 aromatic carbocycles. The van der Waals surface area contributed by atoms with Crippen molar-refractivity contribution >= 4 is 0 Å². The molecule has 1 aliphatic rings. The maximum atomic E-state index is 2.25. The Hall–Kier alpha value is -0.460. The van der Waals surface area contributed by atoms with Crippen LogP contribution in [0.5, 0.6) is 0 Å². The van der Waals surface area contributed by atoms with Crippen LogP contribution in [0.2, 0.25) is 0 Å². The Balaban J connectivity index is 2.33. The molecule has 0 amide bonds. The van der Waals surface area contributed by atoms with Gasteiger partial charge in [-0.15, -0.1) is 0 Å². The zero-order valence-electron chi connectivity index (χ0n) is 5.10. The van der Waals surface area contributed by atoms with Gasteiger partial charge in [-0.05, 0) is 0 Å². The van der Waals surface area contributed by atoms with E-state index in [1.54, 1.807) is 0 Å². The van der Waals surface area contributed by atoms with Crippen molar-refractivity contribution in [2.24, 2.45) is 5.92 Å². The predicted molar refractivity (Wildman–Crippen MR) is 30.9 cm³/mol. The Labute approximate surface area is 44.6 Å². The van der Waals surface area contributed by atoms with Crippen molar-refractivity contribution in [3.05, 3.63) is 11.8 Å². The standard InChI is InChI=1S/C6H11N/c1-5-4-6(5)7(2)3/h4-5H,1-3H3. The number of nitrogens with zero attached hydrogens (tertiary/aromatic N) is 1. The lowest BCUT2D eigenvalue weighted by molar-refractivity contribution is 0.512. The van der Waals surface area contributed by atoms with Crippen LogP contribution in [0.25, 0.3) is 0 Å². The molecule has 1 nitrogen and oxygen atoms in total. The molecule has 40 valence electrons. The van der Waals surface area contributed by atoms with Crippen LogP contribution in [0.3, 0.4) is 0 Å². The molecule has 0 aliphatic heterocycles. The van der Waals surface area contributed by atoms with E-state index in [0.717, 1.165) is 5.92 Å². The Morgan fingerprint density at radius 1 is 1.57 bits per heavy atom. The summed E-state index contributed by atoms with van der Waals surface area (Å²) < 4.78 is 0. The highest BCUT2D eigenvalue weighted by molar-refractivity contribution is 5.25. The van der Waals surface area contributed by atoms with E-state index in [9.17, 15) is 0 Å². The van der Waals surface area contributed by atoms with Gasteiger partial charge in [0.1, 0.15) is 0 Å². The van der Waals surface area contributed by atoms with Gasteiger partial charge in [0.2, 0.25) is 0 Å². The van der Waals surface area contributed by atoms with E-state index in [1.807, 2.05) is 0 Å². The summed E-state index contributed by atoms with van der Waals surface area (Å²) in [5.41, 5.74) is 1.47. The lowest BCUT2D eigenvalue weighted by Crippen LogP contribution is -2.04. The molecule has 7 heavy (non-hydrogen) atoms. The van der Waals surface area contributed by atoms with Crippen molar-refractivity contribution in [1.29, 1.82) is 0 Å². The molecule has 1 heteroatoms. The molecule has 0 N–H and O–H groups in total. The molecule has 1 unspecified atom stereocenters. The molecule has 0 fully saturated rings. The molecule has 1 rings (SSSR count). The van der Waals surface area contributed by atoms with E-state index in [1.165, 1.54) is 5.70 Å². The van der Waals surface area contributed by atoms with Gasteiger partial charge < -0.3 is 4.90 Å². The van der Waals surface area contributed by atoms with Crippen LogP contribution in [0.1, 0.15) is 6.92 Å². The molecule has 0 heterocycles. The average Bonchev–Trinajstić information content (AvgIpc) is 2.17. The van der Waals surface area contributed by atoms with Gasteiger partial charge in [-0.3, -0.25) is 0 Å². The lowest BCUT2D eigenvalue weighted by atomic mass is 10.4. The van der Waals surface area contributed by atoms with E-state index in [0.29, 0.717) is 0 Å². The summed E-state index contributed by atoms with van der Waals surface area (Å²) in [6.07, 6.45) is 2.25. The summed E-state index contributed by atoms with van der Waals surface area (Å²) in [5.74, 6) is 0.759. The summed E-state index contributed by atoms with van der Waals surface area (Å²) in [6.45, 7) is 2.20. The van der Waals surface area contributed by atoms with Gasteiger partial charge in [0.15, 0.2) is 0 Å². The summed E-state index contributed by atoms with van der Waals surface area (Å²) >= 11 is 0. The van der Waals surface area contributed by atoms with Gasteiger partial charge in [0.25, 0.3) is 0 Å². The van der Waals surface area contributed by atoms with Crippen LogP contribution in [0, 0.1) is 5.92 Å². The fourth-order valence-electron chi connectivity index (χ4n) is 0.764. The SMILES string of the molecule is CC1C=C1N(C)C. The number of hydrogen-bond acceptors (Lipinski definition) is 1. The third kappa shape index (κ3) is 0.763. The van der Waals surface area contributed by atoms with E-state index in [-0.39, 0.29) is 0 Å². The van der Waals surface area contributed by atoms with Crippen LogP contribution >= 0.6 is 0 Å². The first-order chi connectivity index (χ1) is 3.22. The van der Waals surface area contributed by atoms with E-state index >= 15 is 0 Å². The fraction of sp³-hybridized carbons (Fsp3) is 0.667. The second-order valence-electron chi connectivity index (χ2n) is 2.27. The molecule has 0 spiro atoms. The molecule has 0 aromatic rings. The van der Waals surface area contributed by atoms with Crippen LogP contribution in [-0.2, 0) is 0 Å². The van der Waals surface area contributed by atoms with Crippen molar-refractivity contribution in [1.82, 2.24) is 4.90 Å². The quantitative estimate of drug-likeness (QED) is 0.473. The van der Waals surface area contributed by atoms with Crippen LogP contribution < -0.4 is 0 Å². The predicted octanol–water partition coefficient (Wildman–Crippen LogP) is 1.08. The zero-order valence-corrected chi connectivity index (χ0v) is 5.10. The molecule has 1 atom stereocenters. The summed E-state index contributed by atoms with van der Waals surface area (Å²) in [5, 5.41) is 0. The number of allylic oxidation sites excluding steroid dienone is 2. The lowest BCUT2D eigenvalue weighted by Gasteiger charge is -2.05. The Morgan fingerprint density at radius 3 is 2.00 bits per heavy atom. The van der Waals surface area contributed by atoms with Gasteiger partial charge in [-0.2, -0.15) is 0 Å². The molecule has 0 saturated heterocycles. The van der Waals surface area contributed by atoms with Gasteiger partial charge in [0, 0.05) is 25.7 Å². The molecular formula is C6H11N. The van der Waals surface area contributed by atoms with Crippen molar-refractivity contribution in [2.75, 3.05) is 14.1 Å². The first kappa shape index (κ1) is 4.69. The molecular weight excluding hydrogens is 86.1 g/mol. The van der Waals surface area contributed by atoms with Gasteiger partial charge in [-0.25, -0.2) is 0 Å². The van der Waals surface area contributed by atoms with Crippen molar-refractivity contribution in [3.63, 3.8) is 0 Å². The minimum absolute atomic E-state index is 0.759. The molecule has 0 aromatic heterocycles. The van der Waals surface area contributed by atoms with Crippen molar-refractivity contribution in [3.8, 4) is 0 Å². The molecule has 0 saturated carbocycles. The average molecular weight is 97.2 g/mol. The third-order valence-electron chi connectivity index (χ3n) is 1.29. The second kappa shape index (κ2) is 1.25. The number of hydrogen-bond donors (Lipinski definition) is 0.